The molecule has 171 valence electrons. The van der Waals surface area contributed by atoms with Crippen molar-refractivity contribution in [3.63, 3.8) is 0 Å². The number of ether oxygens (including phenoxy) is 1. The Bertz CT molecular complexity index is 790. The fourth-order valence-corrected chi connectivity index (χ4v) is 2.27. The Morgan fingerprint density at radius 2 is 1.52 bits per heavy atom. The average molecular weight is 507 g/mol. The molecule has 2 aromatic carbocycles. The topological polar surface area (TPSA) is 49.9 Å². The molecule has 4 nitrogen and oxygen atoms in total. The molecule has 3 rings (SSSR count). The quantitative estimate of drug-likeness (QED) is 0.346. The van der Waals surface area contributed by atoms with Gasteiger partial charge in [-0.3, -0.25) is 10.4 Å². The predicted molar refractivity (Wildman–Crippen MR) is 128 cm³/mol. The van der Waals surface area contributed by atoms with Crippen LogP contribution in [0.1, 0.15) is 61.5 Å². The van der Waals surface area contributed by atoms with Gasteiger partial charge in [-0.2, -0.15) is 0 Å². The maximum Gasteiger partial charge on any atom is 0.234 e. The first-order valence-corrected chi connectivity index (χ1v) is 9.18. The fraction of sp³-hybridized carbons (Fsp3) is 0.400. The molecule has 1 aromatic heterocycles. The van der Waals surface area contributed by atoms with Crippen LogP contribution in [0.15, 0.2) is 60.7 Å². The first-order chi connectivity index (χ1) is 13.0. The Morgan fingerprint density at radius 1 is 0.935 bits per heavy atom. The molecule has 0 aliphatic heterocycles. The molecule has 0 unspecified atom stereocenters. The summed E-state index contributed by atoms with van der Waals surface area (Å²) in [4.78, 5) is 0. The van der Waals surface area contributed by atoms with Crippen molar-refractivity contribution in [1.82, 2.24) is 15.5 Å². The van der Waals surface area contributed by atoms with Crippen LogP contribution in [-0.4, -0.2) is 23.0 Å². The van der Waals surface area contributed by atoms with E-state index in [4.69, 9.17) is 4.74 Å². The second-order valence-corrected chi connectivity index (χ2v) is 6.84. The molecule has 1 radical (unpaired) electrons. The monoisotopic (exact) mass is 506 g/mol. The Kier molecular flexibility index (Phi) is 19.8. The number of aromatic amines is 1. The van der Waals surface area contributed by atoms with Gasteiger partial charge in [0.2, 0.25) is 5.88 Å². The summed E-state index contributed by atoms with van der Waals surface area (Å²) < 4.78 is 17.8. The Hall–Kier alpha value is -1.56. The minimum Gasteiger partial charge on any atom is -0.461 e. The molecule has 0 amide bonds. The van der Waals surface area contributed by atoms with Crippen LogP contribution in [0.4, 0.5) is 4.39 Å². The van der Waals surface area contributed by atoms with Crippen molar-refractivity contribution in [3.05, 3.63) is 72.0 Å². The number of nitrogens with zero attached hydrogens (tertiary/aromatic N) is 1. The van der Waals surface area contributed by atoms with E-state index in [0.29, 0.717) is 24.6 Å². The SMILES string of the molecule is C.C.C.CC(C)NCOc1cc(-c2ccccc2)[nH]n1.CC(C)c1ccc(F)cc1.[Y]. The van der Waals surface area contributed by atoms with Gasteiger partial charge >= 0.3 is 0 Å². The molecule has 0 aliphatic carbocycles. The fourth-order valence-electron chi connectivity index (χ4n) is 2.27. The van der Waals surface area contributed by atoms with Crippen LogP contribution >= 0.6 is 0 Å². The molecule has 3 aromatic rings. The van der Waals surface area contributed by atoms with E-state index < -0.39 is 0 Å². The summed E-state index contributed by atoms with van der Waals surface area (Å²) >= 11 is 0. The van der Waals surface area contributed by atoms with Crippen LogP contribution in [0.3, 0.4) is 0 Å². The van der Waals surface area contributed by atoms with Gasteiger partial charge < -0.3 is 4.74 Å². The van der Waals surface area contributed by atoms with Crippen LogP contribution in [-0.2, 0) is 32.7 Å². The number of halogens is 1. The van der Waals surface area contributed by atoms with Gasteiger partial charge in [-0.1, -0.05) is 78.6 Å². The molecule has 0 spiro atoms. The second-order valence-electron chi connectivity index (χ2n) is 6.84. The molecule has 1 heterocycles. The van der Waals surface area contributed by atoms with Crippen LogP contribution in [0.2, 0.25) is 0 Å². The van der Waals surface area contributed by atoms with Gasteiger partial charge in [0.25, 0.3) is 0 Å². The predicted octanol–water partition coefficient (Wildman–Crippen LogP) is 7.27. The maximum absolute atomic E-state index is 12.4. The van der Waals surface area contributed by atoms with Crippen LogP contribution in [0.25, 0.3) is 11.3 Å². The molecular weight excluding hydrogens is 466 g/mol. The van der Waals surface area contributed by atoms with E-state index in [1.54, 1.807) is 0 Å². The van der Waals surface area contributed by atoms with Crippen molar-refractivity contribution in [2.45, 2.75) is 61.9 Å². The number of rotatable bonds is 6. The molecule has 31 heavy (non-hydrogen) atoms. The Labute approximate surface area is 214 Å². The Balaban J connectivity index is -0.000000493. The normalized spacial score (nSPS) is 9.26. The van der Waals surface area contributed by atoms with Gasteiger partial charge in [-0.25, -0.2) is 4.39 Å². The number of hydrogen-bond donors (Lipinski definition) is 2. The summed E-state index contributed by atoms with van der Waals surface area (Å²) in [6.07, 6.45) is 0. The number of nitrogens with one attached hydrogen (secondary N) is 2. The maximum atomic E-state index is 12.4. The third-order valence-corrected chi connectivity index (χ3v) is 3.89. The summed E-state index contributed by atoms with van der Waals surface area (Å²) in [6, 6.07) is 19.0. The minimum absolute atomic E-state index is 0. The third kappa shape index (κ3) is 12.8. The van der Waals surface area contributed by atoms with Gasteiger partial charge in [0.05, 0.1) is 5.69 Å². The first kappa shape index (κ1) is 34.1. The van der Waals surface area contributed by atoms with Crippen molar-refractivity contribution in [2.24, 2.45) is 0 Å². The molecule has 0 saturated heterocycles. The molecule has 6 heteroatoms. The van der Waals surface area contributed by atoms with E-state index in [1.807, 2.05) is 48.5 Å². The van der Waals surface area contributed by atoms with Crippen molar-refractivity contribution < 1.29 is 41.8 Å². The van der Waals surface area contributed by atoms with Gasteiger partial charge in [-0.05, 0) is 43.0 Å². The van der Waals surface area contributed by atoms with Crippen LogP contribution in [0, 0.1) is 5.82 Å². The van der Waals surface area contributed by atoms with Gasteiger partial charge in [0.1, 0.15) is 12.5 Å². The van der Waals surface area contributed by atoms with E-state index in [2.05, 4.69) is 43.2 Å². The van der Waals surface area contributed by atoms with E-state index in [1.165, 1.54) is 17.7 Å². The third-order valence-electron chi connectivity index (χ3n) is 3.89. The summed E-state index contributed by atoms with van der Waals surface area (Å²) in [5.74, 6) is 0.932. The van der Waals surface area contributed by atoms with E-state index in [0.717, 1.165) is 11.3 Å². The smallest absolute Gasteiger partial charge is 0.234 e. The van der Waals surface area contributed by atoms with Crippen molar-refractivity contribution in [1.29, 1.82) is 0 Å². The molecule has 2 N–H and O–H groups in total. The van der Waals surface area contributed by atoms with Crippen LogP contribution in [0.5, 0.6) is 5.88 Å². The molecule has 0 saturated carbocycles. The van der Waals surface area contributed by atoms with Crippen molar-refractivity contribution in [2.75, 3.05) is 6.73 Å². The number of benzene rings is 2. The number of H-pyrrole nitrogens is 1. The molecular formula is C25H40FN3OY. The summed E-state index contributed by atoms with van der Waals surface area (Å²) in [5.41, 5.74) is 3.25. The van der Waals surface area contributed by atoms with E-state index in [9.17, 15) is 4.39 Å². The van der Waals surface area contributed by atoms with E-state index >= 15 is 0 Å². The minimum atomic E-state index is -0.163. The van der Waals surface area contributed by atoms with E-state index in [-0.39, 0.29) is 60.8 Å². The first-order valence-electron chi connectivity index (χ1n) is 9.18. The van der Waals surface area contributed by atoms with Crippen molar-refractivity contribution >= 4 is 0 Å². The second kappa shape index (κ2) is 18.1. The number of aromatic nitrogens is 2. The van der Waals surface area contributed by atoms with Gasteiger partial charge in [0, 0.05) is 44.8 Å². The summed E-state index contributed by atoms with van der Waals surface area (Å²) in [7, 11) is 0. The average Bonchev–Trinajstić information content (AvgIpc) is 3.12. The van der Waals surface area contributed by atoms with Gasteiger partial charge in [0.15, 0.2) is 0 Å². The van der Waals surface area contributed by atoms with Crippen LogP contribution < -0.4 is 10.1 Å². The largest absolute Gasteiger partial charge is 0.461 e. The molecule has 0 aliphatic rings. The molecule has 0 atom stereocenters. The molecule has 0 fully saturated rings. The number of hydrogen-bond acceptors (Lipinski definition) is 3. The summed E-state index contributed by atoms with van der Waals surface area (Å²) in [6.45, 7) is 8.80. The zero-order chi connectivity index (χ0) is 19.6. The Morgan fingerprint density at radius 3 is 2.03 bits per heavy atom. The standard InChI is InChI=1S/C13H17N3O.C9H11F.3CH4.Y/c1-10(2)14-9-17-13-8-12(15-16-13)11-6-4-3-5-7-11;1-7(2)8-3-5-9(10)6-4-8;;;;/h3-8,10,14H,9H2,1-2H3,(H,15,16);3-7H,1-2H3;3*1H4;. The molecule has 0 bridgehead atoms. The van der Waals surface area contributed by atoms with Gasteiger partial charge in [-0.15, -0.1) is 5.10 Å². The zero-order valence-electron chi connectivity index (χ0n) is 16.9. The zero-order valence-corrected chi connectivity index (χ0v) is 19.8. The summed E-state index contributed by atoms with van der Waals surface area (Å²) in [5, 5.41) is 10.2. The van der Waals surface area contributed by atoms with Crippen molar-refractivity contribution in [3.8, 4) is 17.1 Å².